The van der Waals surface area contributed by atoms with E-state index in [1.165, 1.54) is 18.3 Å². The van der Waals surface area contributed by atoms with E-state index in [-0.39, 0.29) is 18.3 Å². The van der Waals surface area contributed by atoms with Crippen LogP contribution in [0.2, 0.25) is 4.34 Å². The number of alkyl halides is 1. The fourth-order valence-corrected chi connectivity index (χ4v) is 3.38. The summed E-state index contributed by atoms with van der Waals surface area (Å²) in [7, 11) is 0. The van der Waals surface area contributed by atoms with Gasteiger partial charge >= 0.3 is 5.97 Å². The Balaban J connectivity index is 2.19. The number of thiophene rings is 1. The van der Waals surface area contributed by atoms with Gasteiger partial charge in [0, 0.05) is 13.5 Å². The van der Waals surface area contributed by atoms with E-state index >= 15 is 0 Å². The maximum Gasteiger partial charge on any atom is 0.303 e. The largest absolute Gasteiger partial charge is 0.459 e. The van der Waals surface area contributed by atoms with E-state index in [0.717, 1.165) is 5.56 Å². The second-order valence-electron chi connectivity index (χ2n) is 5.16. The Morgan fingerprint density at radius 1 is 1.21 bits per heavy atom. The normalized spacial score (nSPS) is 11.8. The van der Waals surface area contributed by atoms with Crippen LogP contribution in [0.4, 0.5) is 0 Å². The van der Waals surface area contributed by atoms with Crippen molar-refractivity contribution in [3.63, 3.8) is 0 Å². The molecule has 0 unspecified atom stereocenters. The SMILES string of the molecule is CC(=O)O[C@H](CCl)CN(Cc1ccccc1)C(=O)c1ccc(Cl)s1. The monoisotopic (exact) mass is 385 g/mol. The molecule has 1 aromatic heterocycles. The van der Waals surface area contributed by atoms with Crippen LogP contribution in [0, 0.1) is 0 Å². The number of ether oxygens (including phenoxy) is 1. The van der Waals surface area contributed by atoms with Crippen molar-refractivity contribution >= 4 is 46.4 Å². The predicted molar refractivity (Wildman–Crippen MR) is 96.8 cm³/mol. The third-order valence-electron chi connectivity index (χ3n) is 3.22. The number of nitrogens with zero attached hydrogens (tertiary/aromatic N) is 1. The lowest BCUT2D eigenvalue weighted by Crippen LogP contribution is -2.39. The number of hydrogen-bond acceptors (Lipinski definition) is 4. The summed E-state index contributed by atoms with van der Waals surface area (Å²) in [4.78, 5) is 26.1. The average Bonchev–Trinajstić information content (AvgIpc) is 2.99. The number of benzene rings is 1. The van der Waals surface area contributed by atoms with Crippen molar-refractivity contribution in [2.24, 2.45) is 0 Å². The smallest absolute Gasteiger partial charge is 0.303 e. The standard InChI is InChI=1S/C17H17Cl2NO3S/c1-12(21)23-14(9-18)11-20(10-13-5-3-2-4-6-13)17(22)15-7-8-16(19)24-15/h2-8,14H,9-11H2,1H3/t14-/m1/s1. The number of halogens is 2. The van der Waals surface area contributed by atoms with E-state index in [1.807, 2.05) is 30.3 Å². The van der Waals surface area contributed by atoms with Gasteiger partial charge in [-0.3, -0.25) is 9.59 Å². The molecule has 0 fully saturated rings. The highest BCUT2D eigenvalue weighted by Gasteiger charge is 2.23. The quantitative estimate of drug-likeness (QED) is 0.529. The Hall–Kier alpha value is -1.56. The van der Waals surface area contributed by atoms with Crippen LogP contribution < -0.4 is 0 Å². The van der Waals surface area contributed by atoms with Gasteiger partial charge in [-0.1, -0.05) is 41.9 Å². The second-order valence-corrected chi connectivity index (χ2v) is 7.18. The lowest BCUT2D eigenvalue weighted by Gasteiger charge is -2.26. The number of esters is 1. The van der Waals surface area contributed by atoms with E-state index in [1.54, 1.807) is 17.0 Å². The molecule has 0 aliphatic heterocycles. The zero-order valence-corrected chi connectivity index (χ0v) is 15.4. The first-order valence-electron chi connectivity index (χ1n) is 7.31. The van der Waals surface area contributed by atoms with Gasteiger partial charge in [-0.25, -0.2) is 0 Å². The highest BCUT2D eigenvalue weighted by Crippen LogP contribution is 2.23. The Morgan fingerprint density at radius 2 is 1.92 bits per heavy atom. The minimum absolute atomic E-state index is 0.114. The van der Waals surface area contributed by atoms with Crippen molar-refractivity contribution in [1.29, 1.82) is 0 Å². The van der Waals surface area contributed by atoms with Gasteiger partial charge in [0.25, 0.3) is 5.91 Å². The molecule has 1 aromatic carbocycles. The summed E-state index contributed by atoms with van der Waals surface area (Å²) in [6.45, 7) is 1.93. The Morgan fingerprint density at radius 3 is 2.46 bits per heavy atom. The van der Waals surface area contributed by atoms with E-state index < -0.39 is 12.1 Å². The average molecular weight is 386 g/mol. The van der Waals surface area contributed by atoms with Crippen molar-refractivity contribution < 1.29 is 14.3 Å². The van der Waals surface area contributed by atoms with Crippen LogP contribution in [0.25, 0.3) is 0 Å². The summed E-state index contributed by atoms with van der Waals surface area (Å²) in [5.74, 6) is -0.478. The van der Waals surface area contributed by atoms with Crippen molar-refractivity contribution in [3.05, 3.63) is 57.2 Å². The van der Waals surface area contributed by atoms with Crippen LogP contribution in [0.5, 0.6) is 0 Å². The lowest BCUT2D eigenvalue weighted by atomic mass is 10.2. The molecule has 1 atom stereocenters. The molecule has 24 heavy (non-hydrogen) atoms. The molecule has 0 spiro atoms. The van der Waals surface area contributed by atoms with Crippen LogP contribution in [0.3, 0.4) is 0 Å². The van der Waals surface area contributed by atoms with E-state index in [2.05, 4.69) is 0 Å². The zero-order valence-electron chi connectivity index (χ0n) is 13.1. The van der Waals surface area contributed by atoms with E-state index in [9.17, 15) is 9.59 Å². The maximum atomic E-state index is 12.8. The molecular weight excluding hydrogens is 369 g/mol. The molecule has 0 radical (unpaired) electrons. The van der Waals surface area contributed by atoms with Crippen LogP contribution in [-0.4, -0.2) is 35.3 Å². The van der Waals surface area contributed by atoms with Crippen LogP contribution in [0.15, 0.2) is 42.5 Å². The molecule has 0 bridgehead atoms. The number of rotatable bonds is 7. The Kier molecular flexibility index (Phi) is 7.09. The van der Waals surface area contributed by atoms with Crippen molar-refractivity contribution in [2.75, 3.05) is 12.4 Å². The molecule has 0 aliphatic rings. The van der Waals surface area contributed by atoms with E-state index in [4.69, 9.17) is 27.9 Å². The van der Waals surface area contributed by atoms with Gasteiger partial charge in [0.2, 0.25) is 0 Å². The number of carbonyl (C=O) groups excluding carboxylic acids is 2. The molecule has 128 valence electrons. The molecule has 0 saturated carbocycles. The fraction of sp³-hybridized carbons (Fsp3) is 0.294. The van der Waals surface area contributed by atoms with Gasteiger partial charge < -0.3 is 9.64 Å². The molecule has 0 saturated heterocycles. The molecule has 2 rings (SSSR count). The third-order valence-corrected chi connectivity index (χ3v) is 4.78. The molecule has 1 heterocycles. The van der Waals surface area contributed by atoms with Crippen molar-refractivity contribution in [2.45, 2.75) is 19.6 Å². The van der Waals surface area contributed by atoms with Gasteiger partial charge in [0.15, 0.2) is 0 Å². The number of amides is 1. The Bertz CT molecular complexity index is 690. The first-order chi connectivity index (χ1) is 11.5. The van der Waals surface area contributed by atoms with Gasteiger partial charge in [0.1, 0.15) is 6.10 Å². The van der Waals surface area contributed by atoms with Gasteiger partial charge in [-0.2, -0.15) is 0 Å². The minimum atomic E-state index is -0.563. The molecule has 0 aliphatic carbocycles. The summed E-state index contributed by atoms with van der Waals surface area (Å²) in [6.07, 6.45) is -0.563. The maximum absolute atomic E-state index is 12.8. The second kappa shape index (κ2) is 9.06. The highest BCUT2D eigenvalue weighted by atomic mass is 35.5. The topological polar surface area (TPSA) is 46.6 Å². The molecule has 2 aromatic rings. The summed E-state index contributed by atoms with van der Waals surface area (Å²) < 4.78 is 5.72. The van der Waals surface area contributed by atoms with E-state index in [0.29, 0.717) is 15.8 Å². The van der Waals surface area contributed by atoms with Crippen molar-refractivity contribution in [3.8, 4) is 0 Å². The van der Waals surface area contributed by atoms with Crippen molar-refractivity contribution in [1.82, 2.24) is 4.90 Å². The Labute approximate surface area is 154 Å². The molecule has 0 N–H and O–H groups in total. The minimum Gasteiger partial charge on any atom is -0.459 e. The van der Waals surface area contributed by atoms with Crippen LogP contribution in [0.1, 0.15) is 22.2 Å². The zero-order chi connectivity index (χ0) is 17.5. The first-order valence-corrected chi connectivity index (χ1v) is 9.04. The van der Waals surface area contributed by atoms with Crippen LogP contribution in [-0.2, 0) is 16.1 Å². The third kappa shape index (κ3) is 5.51. The summed E-state index contributed by atoms with van der Waals surface area (Å²) in [5, 5.41) is 0. The molecule has 4 nitrogen and oxygen atoms in total. The molecule has 7 heteroatoms. The molecule has 1 amide bonds. The summed E-state index contributed by atoms with van der Waals surface area (Å²) >= 11 is 13.0. The van der Waals surface area contributed by atoms with Gasteiger partial charge in [0.05, 0.1) is 21.6 Å². The van der Waals surface area contributed by atoms with Crippen LogP contribution >= 0.6 is 34.5 Å². The van der Waals surface area contributed by atoms with Gasteiger partial charge in [-0.15, -0.1) is 22.9 Å². The van der Waals surface area contributed by atoms with Gasteiger partial charge in [-0.05, 0) is 17.7 Å². The fourth-order valence-electron chi connectivity index (χ4n) is 2.21. The lowest BCUT2D eigenvalue weighted by molar-refractivity contribution is -0.145. The molecular formula is C17H17Cl2NO3S. The predicted octanol–water partition coefficient (Wildman–Crippen LogP) is 4.21. The first kappa shape index (κ1) is 18.8. The summed E-state index contributed by atoms with van der Waals surface area (Å²) in [5.41, 5.74) is 0.977. The number of hydrogen-bond donors (Lipinski definition) is 0. The highest BCUT2D eigenvalue weighted by molar-refractivity contribution is 7.17. The number of carbonyl (C=O) groups is 2. The summed E-state index contributed by atoms with van der Waals surface area (Å²) in [6, 6.07) is 13.0.